The van der Waals surface area contributed by atoms with Crippen LogP contribution in [0.5, 0.6) is 0 Å². The van der Waals surface area contributed by atoms with Gasteiger partial charge in [-0.3, -0.25) is 10.1 Å². The molecule has 0 spiro atoms. The summed E-state index contributed by atoms with van der Waals surface area (Å²) < 4.78 is 5.39. The zero-order chi connectivity index (χ0) is 19.6. The van der Waals surface area contributed by atoms with Crippen molar-refractivity contribution < 1.29 is 14.5 Å². The van der Waals surface area contributed by atoms with Crippen molar-refractivity contribution in [3.63, 3.8) is 0 Å². The highest BCUT2D eigenvalue weighted by Crippen LogP contribution is 2.28. The van der Waals surface area contributed by atoms with Crippen molar-refractivity contribution >= 4 is 23.3 Å². The minimum atomic E-state index is -0.608. The number of nitrogens with zero attached hydrogens (tertiary/aromatic N) is 1. The molecule has 0 N–H and O–H groups in total. The minimum Gasteiger partial charge on any atom is -0.457 e. The molecule has 0 aliphatic rings. The van der Waals surface area contributed by atoms with Crippen LogP contribution in [0, 0.1) is 24.0 Å². The van der Waals surface area contributed by atoms with E-state index in [4.69, 9.17) is 16.3 Å². The molecule has 138 valence electrons. The predicted octanol–water partition coefficient (Wildman–Crippen LogP) is 5.52. The topological polar surface area (TPSA) is 69.4 Å². The van der Waals surface area contributed by atoms with Crippen LogP contribution in [-0.4, -0.2) is 10.9 Å². The third-order valence-corrected chi connectivity index (χ3v) is 4.61. The first-order valence-corrected chi connectivity index (χ1v) is 8.60. The van der Waals surface area contributed by atoms with Crippen LogP contribution < -0.4 is 0 Å². The zero-order valence-corrected chi connectivity index (χ0v) is 16.3. The van der Waals surface area contributed by atoms with Crippen LogP contribution in [0.25, 0.3) is 0 Å². The van der Waals surface area contributed by atoms with Crippen LogP contribution >= 0.6 is 11.6 Å². The summed E-state index contributed by atoms with van der Waals surface area (Å²) in [6.07, 6.45) is 0. The highest BCUT2D eigenvalue weighted by molar-refractivity contribution is 6.33. The van der Waals surface area contributed by atoms with Crippen molar-refractivity contribution in [2.24, 2.45) is 0 Å². The number of esters is 1. The fourth-order valence-electron chi connectivity index (χ4n) is 2.65. The van der Waals surface area contributed by atoms with Gasteiger partial charge < -0.3 is 4.74 Å². The Bertz CT molecular complexity index is 846. The fraction of sp³-hybridized carbons (Fsp3) is 0.350. The van der Waals surface area contributed by atoms with Gasteiger partial charge >= 0.3 is 5.97 Å². The van der Waals surface area contributed by atoms with Gasteiger partial charge in [-0.05, 0) is 47.6 Å². The van der Waals surface area contributed by atoms with E-state index in [0.29, 0.717) is 0 Å². The Balaban J connectivity index is 2.19. The van der Waals surface area contributed by atoms with Crippen molar-refractivity contribution in [3.8, 4) is 0 Å². The average Bonchev–Trinajstić information content (AvgIpc) is 2.52. The Labute approximate surface area is 158 Å². The molecule has 2 rings (SSSR count). The molecule has 0 atom stereocenters. The molecule has 0 amide bonds. The lowest BCUT2D eigenvalue weighted by molar-refractivity contribution is -0.384. The van der Waals surface area contributed by atoms with E-state index in [1.54, 1.807) is 0 Å². The number of aryl methyl sites for hydroxylation is 2. The third-order valence-electron chi connectivity index (χ3n) is 4.29. The second-order valence-corrected chi connectivity index (χ2v) is 7.74. The van der Waals surface area contributed by atoms with E-state index in [1.165, 1.54) is 17.7 Å². The Morgan fingerprint density at radius 3 is 2.19 bits per heavy atom. The summed E-state index contributed by atoms with van der Waals surface area (Å²) in [6.45, 7) is 10.6. The maximum Gasteiger partial charge on any atom is 0.339 e. The standard InChI is InChI=1S/C20H22ClNO4/c1-12-8-14(20(3,4)5)9-13(2)17(12)11-26-19(23)16-7-6-15(22(24)25)10-18(16)21/h6-10H,11H2,1-5H3. The number of benzene rings is 2. The smallest absolute Gasteiger partial charge is 0.339 e. The monoisotopic (exact) mass is 375 g/mol. The number of carbonyl (C=O) groups excluding carboxylic acids is 1. The molecule has 0 bridgehead atoms. The van der Waals surface area contributed by atoms with Crippen LogP contribution in [0.4, 0.5) is 5.69 Å². The van der Waals surface area contributed by atoms with E-state index >= 15 is 0 Å². The lowest BCUT2D eigenvalue weighted by Crippen LogP contribution is -2.13. The minimum absolute atomic E-state index is 0.000671. The first kappa shape index (κ1) is 19.9. The number of nitro groups is 1. The van der Waals surface area contributed by atoms with Gasteiger partial charge in [0.1, 0.15) is 6.61 Å². The second-order valence-electron chi connectivity index (χ2n) is 7.34. The maximum atomic E-state index is 12.3. The van der Waals surface area contributed by atoms with Gasteiger partial charge in [-0.2, -0.15) is 0 Å². The van der Waals surface area contributed by atoms with E-state index in [1.807, 2.05) is 13.8 Å². The van der Waals surface area contributed by atoms with E-state index in [-0.39, 0.29) is 28.3 Å². The van der Waals surface area contributed by atoms with Crippen LogP contribution in [0.1, 0.15) is 53.4 Å². The Morgan fingerprint density at radius 2 is 1.73 bits per heavy atom. The molecule has 0 aliphatic heterocycles. The first-order valence-electron chi connectivity index (χ1n) is 8.22. The van der Waals surface area contributed by atoms with Crippen LogP contribution in [-0.2, 0) is 16.8 Å². The van der Waals surface area contributed by atoms with Crippen molar-refractivity contribution in [1.82, 2.24) is 0 Å². The largest absolute Gasteiger partial charge is 0.457 e. The SMILES string of the molecule is Cc1cc(C(C)(C)C)cc(C)c1COC(=O)c1ccc([N+](=O)[O-])cc1Cl. The summed E-state index contributed by atoms with van der Waals surface area (Å²) in [5.41, 5.74) is 4.26. The molecule has 5 nitrogen and oxygen atoms in total. The summed E-state index contributed by atoms with van der Waals surface area (Å²) in [4.78, 5) is 22.5. The molecular formula is C20H22ClNO4. The van der Waals surface area contributed by atoms with Gasteiger partial charge in [-0.1, -0.05) is 44.5 Å². The molecular weight excluding hydrogens is 354 g/mol. The van der Waals surface area contributed by atoms with Crippen LogP contribution in [0.3, 0.4) is 0 Å². The van der Waals surface area contributed by atoms with Crippen LogP contribution in [0.15, 0.2) is 30.3 Å². The lowest BCUT2D eigenvalue weighted by Gasteiger charge is -2.22. The summed E-state index contributed by atoms with van der Waals surface area (Å²) in [5, 5.41) is 10.7. The number of carbonyl (C=O) groups is 1. The van der Waals surface area contributed by atoms with Gasteiger partial charge in [0.15, 0.2) is 0 Å². The number of ether oxygens (including phenoxy) is 1. The number of nitro benzene ring substituents is 1. The van der Waals surface area contributed by atoms with Gasteiger partial charge in [0.25, 0.3) is 5.69 Å². The van der Waals surface area contributed by atoms with E-state index in [2.05, 4.69) is 32.9 Å². The van der Waals surface area contributed by atoms with E-state index in [0.717, 1.165) is 22.8 Å². The molecule has 0 heterocycles. The molecule has 0 radical (unpaired) electrons. The van der Waals surface area contributed by atoms with Crippen molar-refractivity contribution in [2.45, 2.75) is 46.6 Å². The van der Waals surface area contributed by atoms with Crippen LogP contribution in [0.2, 0.25) is 5.02 Å². The number of hydrogen-bond donors (Lipinski definition) is 0. The first-order chi connectivity index (χ1) is 12.0. The third kappa shape index (κ3) is 4.41. The number of hydrogen-bond acceptors (Lipinski definition) is 4. The molecule has 0 saturated carbocycles. The molecule has 0 aliphatic carbocycles. The summed E-state index contributed by atoms with van der Waals surface area (Å²) in [7, 11) is 0. The van der Waals surface area contributed by atoms with E-state index in [9.17, 15) is 14.9 Å². The zero-order valence-electron chi connectivity index (χ0n) is 15.6. The molecule has 0 aromatic heterocycles. The number of halogens is 1. The molecule has 26 heavy (non-hydrogen) atoms. The molecule has 2 aromatic rings. The fourth-order valence-corrected chi connectivity index (χ4v) is 2.90. The van der Waals surface area contributed by atoms with Gasteiger partial charge in [0, 0.05) is 12.1 Å². The van der Waals surface area contributed by atoms with Gasteiger partial charge in [-0.15, -0.1) is 0 Å². The molecule has 0 saturated heterocycles. The Kier molecular flexibility index (Phi) is 5.71. The quantitative estimate of drug-likeness (QED) is 0.400. The Morgan fingerprint density at radius 1 is 1.15 bits per heavy atom. The summed E-state index contributed by atoms with van der Waals surface area (Å²) in [5.74, 6) is -0.608. The summed E-state index contributed by atoms with van der Waals surface area (Å²) in [6, 6.07) is 7.90. The van der Waals surface area contributed by atoms with Crippen molar-refractivity contribution in [2.75, 3.05) is 0 Å². The maximum absolute atomic E-state index is 12.3. The predicted molar refractivity (Wildman–Crippen MR) is 102 cm³/mol. The Hall–Kier alpha value is -2.40. The normalized spacial score (nSPS) is 11.3. The number of non-ortho nitro benzene ring substituents is 1. The molecule has 0 unspecified atom stereocenters. The average molecular weight is 376 g/mol. The highest BCUT2D eigenvalue weighted by atomic mass is 35.5. The van der Waals surface area contributed by atoms with Crippen molar-refractivity contribution in [3.05, 3.63) is 73.3 Å². The molecule has 0 fully saturated rings. The molecule has 6 heteroatoms. The number of rotatable bonds is 4. The van der Waals surface area contributed by atoms with Gasteiger partial charge in [0.2, 0.25) is 0 Å². The lowest BCUT2D eigenvalue weighted by atomic mass is 9.84. The molecule has 2 aromatic carbocycles. The van der Waals surface area contributed by atoms with Gasteiger partial charge in [-0.25, -0.2) is 4.79 Å². The second kappa shape index (κ2) is 7.46. The van der Waals surface area contributed by atoms with Gasteiger partial charge in [0.05, 0.1) is 15.5 Å². The highest BCUT2D eigenvalue weighted by Gasteiger charge is 2.19. The summed E-state index contributed by atoms with van der Waals surface area (Å²) >= 11 is 5.98. The van der Waals surface area contributed by atoms with E-state index < -0.39 is 10.9 Å². The van der Waals surface area contributed by atoms with Crippen molar-refractivity contribution in [1.29, 1.82) is 0 Å².